The summed E-state index contributed by atoms with van der Waals surface area (Å²) < 4.78 is 39.9. The molecule has 0 aromatic carbocycles. The van der Waals surface area contributed by atoms with E-state index < -0.39 is 11.9 Å². The van der Waals surface area contributed by atoms with Gasteiger partial charge in [-0.3, -0.25) is 9.48 Å². The number of aliphatic hydroxyl groups is 1. The molecule has 0 aliphatic heterocycles. The molecule has 118 valence electrons. The molecular formula is C12H15BrF3N3O2. The lowest BCUT2D eigenvalue weighted by Crippen LogP contribution is -2.27. The van der Waals surface area contributed by atoms with Crippen LogP contribution in [0, 0.1) is 0 Å². The topological polar surface area (TPSA) is 67.2 Å². The van der Waals surface area contributed by atoms with Crippen molar-refractivity contribution in [1.29, 1.82) is 0 Å². The zero-order valence-electron chi connectivity index (χ0n) is 11.1. The van der Waals surface area contributed by atoms with E-state index in [2.05, 4.69) is 26.3 Å². The van der Waals surface area contributed by atoms with Crippen LogP contribution < -0.4 is 5.32 Å². The number of aliphatic hydroxyl groups excluding tert-OH is 1. The molecule has 1 aliphatic carbocycles. The maximum atomic E-state index is 12.9. The van der Waals surface area contributed by atoms with E-state index >= 15 is 0 Å². The normalized spacial score (nSPS) is 15.3. The number of aryl methyl sites for hydroxylation is 1. The van der Waals surface area contributed by atoms with E-state index in [1.54, 1.807) is 0 Å². The van der Waals surface area contributed by atoms with Gasteiger partial charge in [0.25, 0.3) is 0 Å². The molecule has 21 heavy (non-hydrogen) atoms. The largest absolute Gasteiger partial charge is 0.436 e. The zero-order chi connectivity index (χ0) is 15.6. The maximum absolute atomic E-state index is 12.9. The van der Waals surface area contributed by atoms with Gasteiger partial charge in [-0.15, -0.1) is 0 Å². The SMILES string of the molecule is O=C(CCn1nc(C(F)(F)F)c(Br)c1C1CC1)NCCO. The quantitative estimate of drug-likeness (QED) is 0.806. The van der Waals surface area contributed by atoms with Gasteiger partial charge < -0.3 is 10.4 Å². The van der Waals surface area contributed by atoms with Crippen molar-refractivity contribution in [2.45, 2.75) is 37.9 Å². The summed E-state index contributed by atoms with van der Waals surface area (Å²) in [6, 6.07) is 0. The number of hydrogen-bond donors (Lipinski definition) is 2. The summed E-state index contributed by atoms with van der Waals surface area (Å²) in [5, 5.41) is 14.7. The lowest BCUT2D eigenvalue weighted by atomic mass is 10.2. The number of halogens is 4. The van der Waals surface area contributed by atoms with Crippen LogP contribution in [0.1, 0.15) is 36.6 Å². The number of nitrogens with zero attached hydrogens (tertiary/aromatic N) is 2. The van der Waals surface area contributed by atoms with Crippen LogP contribution in [0.4, 0.5) is 13.2 Å². The van der Waals surface area contributed by atoms with Gasteiger partial charge in [-0.05, 0) is 28.8 Å². The molecule has 1 aromatic heterocycles. The van der Waals surface area contributed by atoms with Crippen LogP contribution >= 0.6 is 15.9 Å². The number of rotatable bonds is 6. The van der Waals surface area contributed by atoms with Gasteiger partial charge in [0.1, 0.15) is 0 Å². The van der Waals surface area contributed by atoms with Gasteiger partial charge in [-0.1, -0.05) is 0 Å². The molecule has 1 fully saturated rings. The Balaban J connectivity index is 2.13. The number of hydrogen-bond acceptors (Lipinski definition) is 3. The number of carbonyl (C=O) groups excluding carboxylic acids is 1. The van der Waals surface area contributed by atoms with Crippen LogP contribution in [0.25, 0.3) is 0 Å². The first-order valence-corrected chi connectivity index (χ1v) is 7.34. The van der Waals surface area contributed by atoms with E-state index in [1.165, 1.54) is 4.68 Å². The molecule has 0 atom stereocenters. The fourth-order valence-electron chi connectivity index (χ4n) is 2.04. The molecule has 1 aliphatic rings. The highest BCUT2D eigenvalue weighted by atomic mass is 79.9. The molecule has 5 nitrogen and oxygen atoms in total. The Bertz CT molecular complexity index is 527. The number of aromatic nitrogens is 2. The van der Waals surface area contributed by atoms with Crippen molar-refractivity contribution < 1.29 is 23.1 Å². The summed E-state index contributed by atoms with van der Waals surface area (Å²) in [5.41, 5.74) is -0.433. The molecule has 1 heterocycles. The molecule has 2 rings (SSSR count). The van der Waals surface area contributed by atoms with Crippen molar-refractivity contribution in [1.82, 2.24) is 15.1 Å². The van der Waals surface area contributed by atoms with Crippen LogP contribution in [0.5, 0.6) is 0 Å². The highest BCUT2D eigenvalue weighted by Gasteiger charge is 2.41. The van der Waals surface area contributed by atoms with Crippen molar-refractivity contribution in [3.8, 4) is 0 Å². The fourth-order valence-corrected chi connectivity index (χ4v) is 2.88. The van der Waals surface area contributed by atoms with Crippen LogP contribution in [-0.4, -0.2) is 33.9 Å². The molecule has 0 radical (unpaired) electrons. The molecule has 0 saturated heterocycles. The van der Waals surface area contributed by atoms with Gasteiger partial charge in [-0.25, -0.2) is 0 Å². The lowest BCUT2D eigenvalue weighted by molar-refractivity contribution is -0.142. The van der Waals surface area contributed by atoms with Crippen molar-refractivity contribution in [2.75, 3.05) is 13.2 Å². The Kier molecular flexibility index (Phi) is 4.92. The van der Waals surface area contributed by atoms with Crippen molar-refractivity contribution in [3.05, 3.63) is 15.9 Å². The summed E-state index contributed by atoms with van der Waals surface area (Å²) in [5.74, 6) is -0.255. The van der Waals surface area contributed by atoms with Gasteiger partial charge in [0.05, 0.1) is 23.3 Å². The lowest BCUT2D eigenvalue weighted by Gasteiger charge is -2.07. The van der Waals surface area contributed by atoms with E-state index in [4.69, 9.17) is 5.11 Å². The number of nitrogens with one attached hydrogen (secondary N) is 1. The van der Waals surface area contributed by atoms with E-state index in [0.29, 0.717) is 5.69 Å². The average Bonchev–Trinajstić information content (AvgIpc) is 3.17. The van der Waals surface area contributed by atoms with Gasteiger partial charge in [0, 0.05) is 18.9 Å². The van der Waals surface area contributed by atoms with E-state index in [-0.39, 0.29) is 42.4 Å². The highest BCUT2D eigenvalue weighted by Crippen LogP contribution is 2.46. The third-order valence-corrected chi connectivity index (χ3v) is 3.93. The van der Waals surface area contributed by atoms with Gasteiger partial charge in [0.2, 0.25) is 5.91 Å². The molecule has 0 bridgehead atoms. The second-order valence-corrected chi connectivity index (χ2v) is 5.66. The van der Waals surface area contributed by atoms with Gasteiger partial charge in [-0.2, -0.15) is 18.3 Å². The minimum Gasteiger partial charge on any atom is -0.395 e. The Morgan fingerprint density at radius 2 is 2.14 bits per heavy atom. The smallest absolute Gasteiger partial charge is 0.395 e. The third-order valence-electron chi connectivity index (χ3n) is 3.15. The molecule has 1 saturated carbocycles. The van der Waals surface area contributed by atoms with Gasteiger partial charge >= 0.3 is 6.18 Å². The van der Waals surface area contributed by atoms with Crippen molar-refractivity contribution >= 4 is 21.8 Å². The Morgan fingerprint density at radius 1 is 1.48 bits per heavy atom. The first-order chi connectivity index (χ1) is 9.84. The Hall–Kier alpha value is -1.09. The summed E-state index contributed by atoms with van der Waals surface area (Å²) >= 11 is 2.99. The molecule has 0 spiro atoms. The molecule has 1 aromatic rings. The number of alkyl halides is 3. The minimum atomic E-state index is -4.52. The first-order valence-electron chi connectivity index (χ1n) is 6.55. The fraction of sp³-hybridized carbons (Fsp3) is 0.667. The third kappa shape index (κ3) is 3.97. The highest BCUT2D eigenvalue weighted by molar-refractivity contribution is 9.10. The Labute approximate surface area is 127 Å². The number of amides is 1. The van der Waals surface area contributed by atoms with E-state index in [9.17, 15) is 18.0 Å². The molecular weight excluding hydrogens is 355 g/mol. The summed E-state index contributed by atoms with van der Waals surface area (Å²) in [7, 11) is 0. The van der Waals surface area contributed by atoms with Crippen LogP contribution in [0.2, 0.25) is 0 Å². The van der Waals surface area contributed by atoms with Gasteiger partial charge in [0.15, 0.2) is 5.69 Å². The summed E-state index contributed by atoms with van der Waals surface area (Å²) in [6.07, 6.45) is -2.84. The van der Waals surface area contributed by atoms with E-state index in [0.717, 1.165) is 12.8 Å². The predicted octanol–water partition coefficient (Wildman–Crippen LogP) is 2.04. The second-order valence-electron chi connectivity index (χ2n) is 4.87. The van der Waals surface area contributed by atoms with Crippen molar-refractivity contribution in [2.24, 2.45) is 0 Å². The predicted molar refractivity (Wildman–Crippen MR) is 71.6 cm³/mol. The zero-order valence-corrected chi connectivity index (χ0v) is 12.7. The van der Waals surface area contributed by atoms with Crippen LogP contribution in [0.3, 0.4) is 0 Å². The summed E-state index contributed by atoms with van der Waals surface area (Å²) in [4.78, 5) is 11.5. The second kappa shape index (κ2) is 6.35. The first kappa shape index (κ1) is 16.3. The Morgan fingerprint density at radius 3 is 2.67 bits per heavy atom. The van der Waals surface area contributed by atoms with Crippen molar-refractivity contribution in [3.63, 3.8) is 0 Å². The molecule has 2 N–H and O–H groups in total. The average molecular weight is 370 g/mol. The van der Waals surface area contributed by atoms with Crippen LogP contribution in [-0.2, 0) is 17.5 Å². The molecule has 1 amide bonds. The van der Waals surface area contributed by atoms with E-state index in [1.807, 2.05) is 0 Å². The monoisotopic (exact) mass is 369 g/mol. The maximum Gasteiger partial charge on any atom is 0.436 e. The minimum absolute atomic E-state index is 0.0190. The number of carbonyl (C=O) groups is 1. The summed E-state index contributed by atoms with van der Waals surface area (Å²) in [6.45, 7) is 0.0350. The molecule has 0 unspecified atom stereocenters. The molecule has 9 heteroatoms. The van der Waals surface area contributed by atoms with Crippen LogP contribution in [0.15, 0.2) is 4.47 Å². The standard InChI is InChI=1S/C12H15BrF3N3O2/c13-9-10(7-1-2-7)19(18-11(9)12(14,15)16)5-3-8(21)17-4-6-20/h7,20H,1-6H2,(H,17,21).